The highest BCUT2D eigenvalue weighted by Crippen LogP contribution is 2.33. The first-order valence-corrected chi connectivity index (χ1v) is 6.40. The minimum absolute atomic E-state index is 0.0118. The summed E-state index contributed by atoms with van der Waals surface area (Å²) in [6.07, 6.45) is 0.230. The maximum absolute atomic E-state index is 10.4. The maximum atomic E-state index is 10.4. The number of aliphatic hydroxyl groups is 1. The highest BCUT2D eigenvalue weighted by atomic mass is 35.5. The lowest BCUT2D eigenvalue weighted by atomic mass is 9.99. The van der Waals surface area contributed by atoms with Crippen molar-refractivity contribution in [3.63, 3.8) is 0 Å². The van der Waals surface area contributed by atoms with E-state index >= 15 is 0 Å². The standard InChI is InChI=1S/C15H14ClNO/c16-12-7-3-2-6-11(12)15(18)14-9-10-5-1-4-8-13(10)17-14/h1-8,14-15,17-18H,9H2. The Bertz CT molecular complexity index is 545. The van der Waals surface area contributed by atoms with E-state index in [1.165, 1.54) is 5.56 Å². The summed E-state index contributed by atoms with van der Waals surface area (Å²) in [7, 11) is 0. The summed E-state index contributed by atoms with van der Waals surface area (Å²) < 4.78 is 0. The molecule has 0 amide bonds. The van der Waals surface area contributed by atoms with E-state index < -0.39 is 6.10 Å². The molecule has 0 radical (unpaired) electrons. The van der Waals surface area contributed by atoms with Gasteiger partial charge in [-0.3, -0.25) is 0 Å². The zero-order valence-corrected chi connectivity index (χ0v) is 10.6. The molecule has 0 bridgehead atoms. The Hall–Kier alpha value is -1.51. The molecule has 1 aliphatic rings. The van der Waals surface area contributed by atoms with Crippen LogP contribution in [0.3, 0.4) is 0 Å². The second-order valence-electron chi connectivity index (χ2n) is 4.58. The molecule has 2 atom stereocenters. The molecule has 0 saturated carbocycles. The van der Waals surface area contributed by atoms with Gasteiger partial charge in [-0.15, -0.1) is 0 Å². The third-order valence-electron chi connectivity index (χ3n) is 3.40. The molecule has 0 aliphatic carbocycles. The molecule has 0 fully saturated rings. The molecule has 2 aromatic carbocycles. The van der Waals surface area contributed by atoms with Gasteiger partial charge in [-0.25, -0.2) is 0 Å². The molecular weight excluding hydrogens is 246 g/mol. The van der Waals surface area contributed by atoms with Crippen molar-refractivity contribution in [3.8, 4) is 0 Å². The van der Waals surface area contributed by atoms with Crippen LogP contribution in [0.1, 0.15) is 17.2 Å². The van der Waals surface area contributed by atoms with Crippen molar-refractivity contribution in [2.24, 2.45) is 0 Å². The summed E-state index contributed by atoms with van der Waals surface area (Å²) >= 11 is 6.12. The van der Waals surface area contributed by atoms with Crippen LogP contribution in [0.2, 0.25) is 5.02 Å². The molecule has 2 aromatic rings. The molecule has 2 N–H and O–H groups in total. The molecule has 3 rings (SSSR count). The number of benzene rings is 2. The lowest BCUT2D eigenvalue weighted by Crippen LogP contribution is -2.25. The van der Waals surface area contributed by atoms with E-state index in [4.69, 9.17) is 11.6 Å². The fourth-order valence-electron chi connectivity index (χ4n) is 2.45. The number of para-hydroxylation sites is 1. The number of nitrogens with one attached hydrogen (secondary N) is 1. The van der Waals surface area contributed by atoms with Crippen LogP contribution in [0, 0.1) is 0 Å². The van der Waals surface area contributed by atoms with Gasteiger partial charge in [0, 0.05) is 16.3 Å². The van der Waals surface area contributed by atoms with E-state index in [-0.39, 0.29) is 6.04 Å². The Kier molecular flexibility index (Phi) is 2.98. The summed E-state index contributed by atoms with van der Waals surface area (Å²) in [4.78, 5) is 0. The smallest absolute Gasteiger partial charge is 0.101 e. The molecule has 0 aromatic heterocycles. The van der Waals surface area contributed by atoms with Crippen LogP contribution in [0.25, 0.3) is 0 Å². The van der Waals surface area contributed by atoms with Crippen LogP contribution in [0.15, 0.2) is 48.5 Å². The summed E-state index contributed by atoms with van der Waals surface area (Å²) in [6, 6.07) is 15.6. The van der Waals surface area contributed by atoms with Crippen molar-refractivity contribution in [1.82, 2.24) is 0 Å². The number of hydrogen-bond acceptors (Lipinski definition) is 2. The van der Waals surface area contributed by atoms with E-state index in [9.17, 15) is 5.11 Å². The summed E-state index contributed by atoms with van der Waals surface area (Å²) in [5.41, 5.74) is 3.13. The van der Waals surface area contributed by atoms with Crippen LogP contribution in [-0.2, 0) is 6.42 Å². The number of anilines is 1. The molecule has 92 valence electrons. The lowest BCUT2D eigenvalue weighted by molar-refractivity contribution is 0.157. The number of halogens is 1. The first-order chi connectivity index (χ1) is 8.75. The molecule has 2 unspecified atom stereocenters. The summed E-state index contributed by atoms with van der Waals surface area (Å²) in [5.74, 6) is 0. The Morgan fingerprint density at radius 3 is 2.61 bits per heavy atom. The van der Waals surface area contributed by atoms with Gasteiger partial charge in [0.05, 0.1) is 6.04 Å². The predicted molar refractivity (Wildman–Crippen MR) is 74.0 cm³/mol. The SMILES string of the molecule is OC(c1ccccc1Cl)C1Cc2ccccc2N1. The number of hydrogen-bond donors (Lipinski definition) is 2. The number of aliphatic hydroxyl groups excluding tert-OH is 1. The van der Waals surface area contributed by atoms with Crippen molar-refractivity contribution in [2.45, 2.75) is 18.6 Å². The normalized spacial score (nSPS) is 19.1. The van der Waals surface area contributed by atoms with Gasteiger partial charge < -0.3 is 10.4 Å². The van der Waals surface area contributed by atoms with E-state index in [0.717, 1.165) is 17.7 Å². The number of fused-ring (bicyclic) bond motifs is 1. The Labute approximate surface area is 111 Å². The van der Waals surface area contributed by atoms with Crippen molar-refractivity contribution in [2.75, 3.05) is 5.32 Å². The monoisotopic (exact) mass is 259 g/mol. The van der Waals surface area contributed by atoms with Crippen LogP contribution in [0.5, 0.6) is 0 Å². The molecule has 1 aliphatic heterocycles. The average Bonchev–Trinajstić information content (AvgIpc) is 2.82. The third-order valence-corrected chi connectivity index (χ3v) is 3.75. The van der Waals surface area contributed by atoms with Crippen molar-refractivity contribution >= 4 is 17.3 Å². The van der Waals surface area contributed by atoms with Gasteiger partial charge in [-0.2, -0.15) is 0 Å². The predicted octanol–water partition coefficient (Wildman–Crippen LogP) is 3.41. The largest absolute Gasteiger partial charge is 0.386 e. The third kappa shape index (κ3) is 1.98. The van der Waals surface area contributed by atoms with Gasteiger partial charge >= 0.3 is 0 Å². The first-order valence-electron chi connectivity index (χ1n) is 6.02. The van der Waals surface area contributed by atoms with Gasteiger partial charge in [-0.05, 0) is 24.1 Å². The van der Waals surface area contributed by atoms with Gasteiger partial charge in [-0.1, -0.05) is 48.0 Å². The fraction of sp³-hybridized carbons (Fsp3) is 0.200. The number of rotatable bonds is 2. The van der Waals surface area contributed by atoms with Crippen molar-refractivity contribution in [1.29, 1.82) is 0 Å². The fourth-order valence-corrected chi connectivity index (χ4v) is 2.70. The second kappa shape index (κ2) is 4.63. The van der Waals surface area contributed by atoms with Gasteiger partial charge in [0.1, 0.15) is 6.10 Å². The Balaban J connectivity index is 1.85. The molecule has 0 spiro atoms. The van der Waals surface area contributed by atoms with E-state index in [2.05, 4.69) is 11.4 Å². The van der Waals surface area contributed by atoms with E-state index in [1.54, 1.807) is 0 Å². The molecule has 2 nitrogen and oxygen atoms in total. The Morgan fingerprint density at radius 2 is 1.83 bits per heavy atom. The van der Waals surface area contributed by atoms with Gasteiger partial charge in [0.2, 0.25) is 0 Å². The zero-order chi connectivity index (χ0) is 12.5. The molecule has 18 heavy (non-hydrogen) atoms. The van der Waals surface area contributed by atoms with Gasteiger partial charge in [0.25, 0.3) is 0 Å². The first kappa shape index (κ1) is 11.6. The summed E-state index contributed by atoms with van der Waals surface area (Å²) in [5, 5.41) is 14.4. The minimum Gasteiger partial charge on any atom is -0.386 e. The van der Waals surface area contributed by atoms with E-state index in [0.29, 0.717) is 5.02 Å². The quantitative estimate of drug-likeness (QED) is 0.866. The van der Waals surface area contributed by atoms with Crippen molar-refractivity contribution < 1.29 is 5.11 Å². The van der Waals surface area contributed by atoms with Crippen LogP contribution in [0.4, 0.5) is 5.69 Å². The Morgan fingerprint density at radius 1 is 1.11 bits per heavy atom. The second-order valence-corrected chi connectivity index (χ2v) is 4.99. The van der Waals surface area contributed by atoms with Gasteiger partial charge in [0.15, 0.2) is 0 Å². The maximum Gasteiger partial charge on any atom is 0.101 e. The van der Waals surface area contributed by atoms with Crippen LogP contribution < -0.4 is 5.32 Å². The highest BCUT2D eigenvalue weighted by molar-refractivity contribution is 6.31. The zero-order valence-electron chi connectivity index (χ0n) is 9.81. The molecule has 3 heteroatoms. The highest BCUT2D eigenvalue weighted by Gasteiger charge is 2.28. The minimum atomic E-state index is -0.592. The topological polar surface area (TPSA) is 32.3 Å². The summed E-state index contributed by atoms with van der Waals surface area (Å²) in [6.45, 7) is 0. The lowest BCUT2D eigenvalue weighted by Gasteiger charge is -2.20. The van der Waals surface area contributed by atoms with Crippen LogP contribution in [-0.4, -0.2) is 11.1 Å². The van der Waals surface area contributed by atoms with Crippen molar-refractivity contribution in [3.05, 3.63) is 64.7 Å². The average molecular weight is 260 g/mol. The van der Waals surface area contributed by atoms with E-state index in [1.807, 2.05) is 42.5 Å². The molecule has 1 heterocycles. The molecular formula is C15H14ClNO. The van der Waals surface area contributed by atoms with Crippen LogP contribution >= 0.6 is 11.6 Å². The molecule has 0 saturated heterocycles.